The van der Waals surface area contributed by atoms with Crippen molar-refractivity contribution in [3.63, 3.8) is 0 Å². The first-order valence-corrected chi connectivity index (χ1v) is 10.4. The van der Waals surface area contributed by atoms with Crippen LogP contribution in [0.3, 0.4) is 0 Å². The van der Waals surface area contributed by atoms with E-state index in [1.165, 1.54) is 12.1 Å². The van der Waals surface area contributed by atoms with Gasteiger partial charge in [0.2, 0.25) is 0 Å². The lowest BCUT2D eigenvalue weighted by Gasteiger charge is -2.28. The van der Waals surface area contributed by atoms with Gasteiger partial charge < -0.3 is 14.9 Å². The van der Waals surface area contributed by atoms with Crippen LogP contribution in [0.25, 0.3) is 0 Å². The first kappa shape index (κ1) is 24.4. The lowest BCUT2D eigenvalue weighted by Crippen LogP contribution is -2.21. The van der Waals surface area contributed by atoms with E-state index in [-0.39, 0.29) is 22.1 Å². The maximum Gasteiger partial charge on any atom is 0.343 e. The number of hydrogen-bond donors (Lipinski definition) is 2. The number of carboxylic acids is 1. The second-order valence-corrected chi connectivity index (χ2v) is 11.1. The molecule has 0 aliphatic rings. The molecule has 0 heterocycles. The van der Waals surface area contributed by atoms with Crippen LogP contribution >= 0.6 is 0 Å². The van der Waals surface area contributed by atoms with Crippen molar-refractivity contribution >= 4 is 11.9 Å². The number of carboxylic acid groups (broad SMARTS) is 1. The lowest BCUT2D eigenvalue weighted by atomic mass is 9.78. The zero-order valence-electron chi connectivity index (χ0n) is 20.0. The highest BCUT2D eigenvalue weighted by Gasteiger charge is 2.29. The summed E-state index contributed by atoms with van der Waals surface area (Å²) in [6, 6.07) is 7.85. The van der Waals surface area contributed by atoms with E-state index in [4.69, 9.17) is 4.74 Å². The van der Waals surface area contributed by atoms with Gasteiger partial charge in [0.15, 0.2) is 0 Å². The third kappa shape index (κ3) is 5.46. The summed E-state index contributed by atoms with van der Waals surface area (Å²) < 4.78 is 5.75. The molecule has 0 amide bonds. The Kier molecular flexibility index (Phi) is 6.33. The molecule has 0 aliphatic heterocycles. The molecule has 0 aliphatic carbocycles. The van der Waals surface area contributed by atoms with E-state index in [2.05, 4.69) is 0 Å². The van der Waals surface area contributed by atoms with E-state index in [9.17, 15) is 19.8 Å². The normalized spacial score (nSPS) is 12.5. The van der Waals surface area contributed by atoms with Crippen LogP contribution in [-0.2, 0) is 16.2 Å². The Hall–Kier alpha value is -2.82. The number of phenols is 1. The summed E-state index contributed by atoms with van der Waals surface area (Å²) in [4.78, 5) is 24.6. The fourth-order valence-electron chi connectivity index (χ4n) is 3.39. The number of phenolic OH excluding ortho intramolecular Hbond substituents is 1. The predicted octanol–water partition coefficient (Wildman–Crippen LogP) is 6.20. The van der Waals surface area contributed by atoms with Gasteiger partial charge in [-0.3, -0.25) is 0 Å². The maximum atomic E-state index is 13.2. The van der Waals surface area contributed by atoms with Crippen LogP contribution in [0.5, 0.6) is 11.5 Å². The number of rotatable bonds is 3. The summed E-state index contributed by atoms with van der Waals surface area (Å²) >= 11 is 0. The van der Waals surface area contributed by atoms with E-state index in [0.717, 1.165) is 0 Å². The Morgan fingerprint density at radius 2 is 1.13 bits per heavy atom. The molecule has 0 saturated heterocycles. The van der Waals surface area contributed by atoms with Crippen molar-refractivity contribution in [2.75, 3.05) is 0 Å². The number of ether oxygens (including phenoxy) is 1. The Morgan fingerprint density at radius 3 is 1.52 bits per heavy atom. The molecular formula is C26H34O5. The van der Waals surface area contributed by atoms with Gasteiger partial charge in [-0.25, -0.2) is 9.59 Å². The predicted molar refractivity (Wildman–Crippen MR) is 123 cm³/mol. The largest absolute Gasteiger partial charge is 0.507 e. The minimum absolute atomic E-state index is 0.138. The smallest absolute Gasteiger partial charge is 0.343 e. The van der Waals surface area contributed by atoms with Gasteiger partial charge in [0.05, 0.1) is 11.1 Å². The summed E-state index contributed by atoms with van der Waals surface area (Å²) in [5, 5.41) is 20.2. The second kappa shape index (κ2) is 8.03. The van der Waals surface area contributed by atoms with Crippen LogP contribution in [0.1, 0.15) is 99.7 Å². The highest BCUT2D eigenvalue weighted by Crippen LogP contribution is 2.40. The zero-order chi connectivity index (χ0) is 23.9. The summed E-state index contributed by atoms with van der Waals surface area (Å²) in [5.74, 6) is -1.07. The summed E-state index contributed by atoms with van der Waals surface area (Å²) in [5.41, 5.74) is 1.28. The molecule has 2 rings (SSSR count). The molecule has 0 fully saturated rings. The van der Waals surface area contributed by atoms with E-state index in [1.54, 1.807) is 18.2 Å². The van der Waals surface area contributed by atoms with E-state index in [1.807, 2.05) is 62.3 Å². The number of hydrogen-bond acceptors (Lipinski definition) is 4. The molecule has 31 heavy (non-hydrogen) atoms. The highest BCUT2D eigenvalue weighted by molar-refractivity contribution is 5.93. The van der Waals surface area contributed by atoms with Gasteiger partial charge >= 0.3 is 11.9 Å². The molecule has 0 aromatic heterocycles. The molecule has 0 bridgehead atoms. The van der Waals surface area contributed by atoms with Gasteiger partial charge in [0.1, 0.15) is 11.5 Å². The van der Waals surface area contributed by atoms with E-state index >= 15 is 0 Å². The van der Waals surface area contributed by atoms with Crippen molar-refractivity contribution in [1.29, 1.82) is 0 Å². The molecule has 0 saturated carbocycles. The van der Waals surface area contributed by atoms with Gasteiger partial charge in [0.25, 0.3) is 0 Å². The molecule has 5 nitrogen and oxygen atoms in total. The van der Waals surface area contributed by atoms with Crippen LogP contribution in [-0.4, -0.2) is 22.2 Å². The van der Waals surface area contributed by atoms with Crippen molar-refractivity contribution in [3.8, 4) is 11.5 Å². The molecular weight excluding hydrogens is 392 g/mol. The van der Waals surface area contributed by atoms with E-state index < -0.39 is 17.4 Å². The molecule has 0 radical (unpaired) electrons. The number of esters is 1. The second-order valence-electron chi connectivity index (χ2n) is 11.1. The Balaban J connectivity index is 2.60. The molecule has 2 aromatic carbocycles. The quantitative estimate of drug-likeness (QED) is 0.451. The van der Waals surface area contributed by atoms with Crippen LogP contribution < -0.4 is 4.74 Å². The third-order valence-electron chi connectivity index (χ3n) is 5.20. The molecule has 2 N–H and O–H groups in total. The van der Waals surface area contributed by atoms with Crippen molar-refractivity contribution in [2.24, 2.45) is 0 Å². The maximum absolute atomic E-state index is 13.2. The van der Waals surface area contributed by atoms with Crippen LogP contribution in [0.2, 0.25) is 0 Å². The van der Waals surface area contributed by atoms with Crippen molar-refractivity contribution in [1.82, 2.24) is 0 Å². The number of carbonyl (C=O) groups is 2. The molecule has 0 unspecified atom stereocenters. The molecule has 5 heteroatoms. The lowest BCUT2D eigenvalue weighted by molar-refractivity contribution is 0.0696. The van der Waals surface area contributed by atoms with Crippen LogP contribution in [0, 0.1) is 0 Å². The van der Waals surface area contributed by atoms with Gasteiger partial charge in [-0.15, -0.1) is 0 Å². The Morgan fingerprint density at radius 1 is 0.710 bits per heavy atom. The molecule has 0 spiro atoms. The van der Waals surface area contributed by atoms with Gasteiger partial charge in [-0.05, 0) is 46.6 Å². The number of benzene rings is 2. The summed E-state index contributed by atoms with van der Waals surface area (Å²) in [6.45, 7) is 17.7. The fraction of sp³-hybridized carbons (Fsp3) is 0.462. The summed E-state index contributed by atoms with van der Waals surface area (Å²) in [7, 11) is 0. The Labute approximate surface area is 185 Å². The molecule has 2 aromatic rings. The van der Waals surface area contributed by atoms with Gasteiger partial charge in [-0.1, -0.05) is 62.3 Å². The number of carbonyl (C=O) groups excluding carboxylic acids is 1. The summed E-state index contributed by atoms with van der Waals surface area (Å²) in [6.07, 6.45) is 0. The first-order valence-electron chi connectivity index (χ1n) is 10.4. The third-order valence-corrected chi connectivity index (χ3v) is 5.20. The first-order chi connectivity index (χ1) is 13.9. The van der Waals surface area contributed by atoms with Crippen LogP contribution in [0.4, 0.5) is 0 Å². The molecule has 0 atom stereocenters. The van der Waals surface area contributed by atoms with Crippen molar-refractivity contribution in [3.05, 3.63) is 58.1 Å². The minimum atomic E-state index is -1.04. The van der Waals surface area contributed by atoms with Gasteiger partial charge in [0, 0.05) is 16.7 Å². The Bertz CT molecular complexity index is 977. The van der Waals surface area contributed by atoms with Crippen molar-refractivity contribution < 1.29 is 24.5 Å². The van der Waals surface area contributed by atoms with E-state index in [0.29, 0.717) is 28.0 Å². The average Bonchev–Trinajstić information content (AvgIpc) is 2.58. The number of aromatic carboxylic acids is 1. The monoisotopic (exact) mass is 426 g/mol. The standard InChI is InChI=1S/C26H34O5/c1-24(2,3)17-12-15(22(28)29)10-11-20(17)31-23(30)16-13-18(25(4,5)6)21(27)19(14-16)26(7,8)9/h10-14,27H,1-9H3,(H,28,29). The fourth-order valence-corrected chi connectivity index (χ4v) is 3.39. The SMILES string of the molecule is CC(C)(C)c1cc(C(=O)O)ccc1OC(=O)c1cc(C(C)(C)C)c(O)c(C(C)(C)C)c1. The minimum Gasteiger partial charge on any atom is -0.507 e. The topological polar surface area (TPSA) is 83.8 Å². The van der Waals surface area contributed by atoms with Crippen LogP contribution in [0.15, 0.2) is 30.3 Å². The van der Waals surface area contributed by atoms with Crippen molar-refractivity contribution in [2.45, 2.75) is 78.6 Å². The van der Waals surface area contributed by atoms with Gasteiger partial charge in [-0.2, -0.15) is 0 Å². The number of aromatic hydroxyl groups is 1. The highest BCUT2D eigenvalue weighted by atomic mass is 16.5. The average molecular weight is 427 g/mol. The molecule has 168 valence electrons. The zero-order valence-corrected chi connectivity index (χ0v) is 20.0.